The lowest BCUT2D eigenvalue weighted by atomic mass is 10.00. The van der Waals surface area contributed by atoms with Gasteiger partial charge in [0.15, 0.2) is 5.16 Å². The lowest BCUT2D eigenvalue weighted by molar-refractivity contribution is -0.127. The second-order valence-electron chi connectivity index (χ2n) is 7.79. The quantitative estimate of drug-likeness (QED) is 0.489. The Labute approximate surface area is 185 Å². The van der Waals surface area contributed by atoms with E-state index < -0.39 is 0 Å². The second-order valence-corrected chi connectivity index (χ2v) is 9.51. The van der Waals surface area contributed by atoms with E-state index >= 15 is 0 Å². The summed E-state index contributed by atoms with van der Waals surface area (Å²) < 4.78 is 7.64. The highest BCUT2D eigenvalue weighted by atomic mass is 32.2. The molecule has 4 heterocycles. The number of amides is 1. The Hall–Kier alpha value is -2.26. The summed E-state index contributed by atoms with van der Waals surface area (Å²) in [5.74, 6) is 2.86. The third kappa shape index (κ3) is 5.07. The van der Waals surface area contributed by atoms with Crippen LogP contribution in [0.1, 0.15) is 31.1 Å². The molecule has 0 aliphatic carbocycles. The van der Waals surface area contributed by atoms with Gasteiger partial charge >= 0.3 is 0 Å². The van der Waals surface area contributed by atoms with E-state index in [-0.39, 0.29) is 5.91 Å². The summed E-state index contributed by atoms with van der Waals surface area (Å²) in [7, 11) is 1.84. The highest BCUT2D eigenvalue weighted by Crippen LogP contribution is 2.27. The minimum absolute atomic E-state index is 0.0760. The second kappa shape index (κ2) is 9.70. The normalized spacial score (nSPS) is 14.9. The molecule has 0 aromatic carbocycles. The molecule has 0 N–H and O–H groups in total. The summed E-state index contributed by atoms with van der Waals surface area (Å²) in [6.07, 6.45) is 3.99. The predicted octanol–water partition coefficient (Wildman–Crippen LogP) is 3.97. The molecule has 0 spiro atoms. The van der Waals surface area contributed by atoms with Crippen LogP contribution in [0.2, 0.25) is 0 Å². The van der Waals surface area contributed by atoms with Gasteiger partial charge in [-0.1, -0.05) is 18.7 Å². The Bertz CT molecular complexity index is 931. The van der Waals surface area contributed by atoms with Gasteiger partial charge in [0.05, 0.1) is 18.6 Å². The Kier molecular flexibility index (Phi) is 6.79. The maximum Gasteiger partial charge on any atom is 0.233 e. The van der Waals surface area contributed by atoms with Crippen molar-refractivity contribution in [2.45, 2.75) is 38.0 Å². The number of carbonyl (C=O) groups is 1. The number of piperidine rings is 1. The molecule has 3 aromatic rings. The maximum absolute atomic E-state index is 12.6. The number of nitrogens with zero attached hydrogens (tertiary/aromatic N) is 5. The van der Waals surface area contributed by atoms with Crippen molar-refractivity contribution < 1.29 is 9.21 Å². The molecule has 0 saturated carbocycles. The number of hydrogen-bond acceptors (Lipinski definition) is 7. The first kappa shape index (κ1) is 21.0. The highest BCUT2D eigenvalue weighted by molar-refractivity contribution is 7.99. The third-order valence-corrected chi connectivity index (χ3v) is 7.09. The smallest absolute Gasteiger partial charge is 0.233 e. The van der Waals surface area contributed by atoms with Crippen LogP contribution in [0.15, 0.2) is 44.8 Å². The summed E-state index contributed by atoms with van der Waals surface area (Å²) in [6.45, 7) is 5.43. The minimum atomic E-state index is 0.0760. The number of rotatable bonds is 8. The van der Waals surface area contributed by atoms with E-state index in [0.29, 0.717) is 18.8 Å². The average Bonchev–Trinajstić information content (AvgIpc) is 3.50. The van der Waals surface area contributed by atoms with Crippen molar-refractivity contribution in [3.63, 3.8) is 0 Å². The Morgan fingerprint density at radius 3 is 2.87 bits per heavy atom. The number of thiophene rings is 1. The molecule has 0 atom stereocenters. The van der Waals surface area contributed by atoms with E-state index in [9.17, 15) is 4.79 Å². The van der Waals surface area contributed by atoms with Crippen LogP contribution in [0, 0.1) is 5.92 Å². The van der Waals surface area contributed by atoms with Gasteiger partial charge in [0.25, 0.3) is 0 Å². The molecule has 0 bridgehead atoms. The van der Waals surface area contributed by atoms with Crippen LogP contribution in [0.4, 0.5) is 5.95 Å². The molecule has 7 nitrogen and oxygen atoms in total. The summed E-state index contributed by atoms with van der Waals surface area (Å²) in [5.41, 5.74) is 1.16. The van der Waals surface area contributed by atoms with E-state index in [4.69, 9.17) is 4.42 Å². The van der Waals surface area contributed by atoms with Gasteiger partial charge in [-0.25, -0.2) is 0 Å². The van der Waals surface area contributed by atoms with E-state index in [2.05, 4.69) is 32.0 Å². The van der Waals surface area contributed by atoms with Crippen molar-refractivity contribution >= 4 is 35.0 Å². The van der Waals surface area contributed by atoms with Crippen molar-refractivity contribution in [3.8, 4) is 0 Å². The number of aromatic nitrogens is 3. The van der Waals surface area contributed by atoms with Gasteiger partial charge in [0, 0.05) is 26.7 Å². The zero-order valence-corrected chi connectivity index (χ0v) is 19.0. The number of carbonyl (C=O) groups excluding carboxylic acids is 1. The van der Waals surface area contributed by atoms with Gasteiger partial charge in [0.2, 0.25) is 11.9 Å². The number of furan rings is 1. The van der Waals surface area contributed by atoms with Gasteiger partial charge < -0.3 is 14.2 Å². The molecule has 3 aromatic heterocycles. The van der Waals surface area contributed by atoms with E-state index in [1.165, 1.54) is 11.8 Å². The summed E-state index contributed by atoms with van der Waals surface area (Å²) in [4.78, 5) is 16.7. The predicted molar refractivity (Wildman–Crippen MR) is 120 cm³/mol. The van der Waals surface area contributed by atoms with Gasteiger partial charge in [-0.15, -0.1) is 10.2 Å². The molecule has 160 valence electrons. The molecule has 1 saturated heterocycles. The Morgan fingerprint density at radius 2 is 2.17 bits per heavy atom. The molecular weight excluding hydrogens is 418 g/mol. The fourth-order valence-corrected chi connectivity index (χ4v) is 5.04. The van der Waals surface area contributed by atoms with Gasteiger partial charge in [-0.05, 0) is 53.3 Å². The molecule has 1 fully saturated rings. The molecule has 0 unspecified atom stereocenters. The lowest BCUT2D eigenvalue weighted by Gasteiger charge is -2.31. The zero-order valence-electron chi connectivity index (χ0n) is 17.4. The first-order chi connectivity index (χ1) is 14.6. The number of hydrogen-bond donors (Lipinski definition) is 0. The fourth-order valence-electron chi connectivity index (χ4n) is 3.51. The van der Waals surface area contributed by atoms with E-state index in [1.807, 2.05) is 30.6 Å². The van der Waals surface area contributed by atoms with Crippen LogP contribution < -0.4 is 4.90 Å². The van der Waals surface area contributed by atoms with Crippen molar-refractivity contribution in [2.75, 3.05) is 30.8 Å². The first-order valence-electron chi connectivity index (χ1n) is 10.2. The van der Waals surface area contributed by atoms with Crippen LogP contribution in [0.5, 0.6) is 0 Å². The van der Waals surface area contributed by atoms with Crippen LogP contribution in [0.3, 0.4) is 0 Å². The van der Waals surface area contributed by atoms with Gasteiger partial charge in [-0.3, -0.25) is 9.36 Å². The average molecular weight is 446 g/mol. The standard InChI is InChI=1S/C21H27N5O2S2/c1-16-5-8-25(9-6-16)20-22-23-21(26(20)13-18-4-3-10-28-18)30-15-19(27)24(2)12-17-7-11-29-14-17/h3-4,7,10-11,14,16H,5-6,8-9,12-13,15H2,1-2H3. The van der Waals surface area contributed by atoms with Crippen LogP contribution >= 0.6 is 23.1 Å². The van der Waals surface area contributed by atoms with Crippen LogP contribution in [0.25, 0.3) is 0 Å². The molecule has 30 heavy (non-hydrogen) atoms. The van der Waals surface area contributed by atoms with Crippen molar-refractivity contribution in [3.05, 3.63) is 46.5 Å². The summed E-state index contributed by atoms with van der Waals surface area (Å²) in [6, 6.07) is 5.89. The third-order valence-electron chi connectivity index (χ3n) is 5.41. The maximum atomic E-state index is 12.6. The molecule has 4 rings (SSSR count). The summed E-state index contributed by atoms with van der Waals surface area (Å²) in [5, 5.41) is 13.8. The van der Waals surface area contributed by atoms with E-state index in [1.54, 1.807) is 22.5 Å². The van der Waals surface area contributed by atoms with Crippen molar-refractivity contribution in [2.24, 2.45) is 5.92 Å². The number of anilines is 1. The molecule has 0 radical (unpaired) electrons. The monoisotopic (exact) mass is 445 g/mol. The largest absolute Gasteiger partial charge is 0.467 e. The van der Waals surface area contributed by atoms with Gasteiger partial charge in [-0.2, -0.15) is 11.3 Å². The van der Waals surface area contributed by atoms with Crippen molar-refractivity contribution in [1.29, 1.82) is 0 Å². The topological polar surface area (TPSA) is 67.4 Å². The molecule has 1 aliphatic heterocycles. The SMILES string of the molecule is CC1CCN(c2nnc(SCC(=O)N(C)Cc3ccsc3)n2Cc2ccco2)CC1. The first-order valence-corrected chi connectivity index (χ1v) is 12.1. The Balaban J connectivity index is 1.45. The van der Waals surface area contributed by atoms with E-state index in [0.717, 1.165) is 54.3 Å². The minimum Gasteiger partial charge on any atom is -0.467 e. The highest BCUT2D eigenvalue weighted by Gasteiger charge is 2.24. The van der Waals surface area contributed by atoms with Crippen LogP contribution in [-0.2, 0) is 17.9 Å². The zero-order chi connectivity index (χ0) is 20.9. The Morgan fingerprint density at radius 1 is 1.33 bits per heavy atom. The molecule has 1 aliphatic rings. The van der Waals surface area contributed by atoms with Crippen LogP contribution in [-0.4, -0.2) is 51.5 Å². The molecule has 9 heteroatoms. The van der Waals surface area contributed by atoms with Crippen molar-refractivity contribution in [1.82, 2.24) is 19.7 Å². The molecular formula is C21H27N5O2S2. The fraction of sp³-hybridized carbons (Fsp3) is 0.476. The summed E-state index contributed by atoms with van der Waals surface area (Å²) >= 11 is 3.08. The number of thioether (sulfide) groups is 1. The molecule has 1 amide bonds. The lowest BCUT2D eigenvalue weighted by Crippen LogP contribution is -2.35. The van der Waals surface area contributed by atoms with Gasteiger partial charge in [0.1, 0.15) is 5.76 Å².